The van der Waals surface area contributed by atoms with Gasteiger partial charge in [-0.1, -0.05) is 58.0 Å². The number of nitrogens with zero attached hydrogens (tertiary/aromatic N) is 1. The molecule has 4 nitrogen and oxygen atoms in total. The highest BCUT2D eigenvalue weighted by atomic mass is 35.5. The van der Waals surface area contributed by atoms with Crippen LogP contribution in [0.2, 0.25) is 25.1 Å². The third-order valence-corrected chi connectivity index (χ3v) is 5.11. The summed E-state index contributed by atoms with van der Waals surface area (Å²) < 4.78 is 0. The average Bonchev–Trinajstić information content (AvgIpc) is 2.45. The van der Waals surface area contributed by atoms with Crippen LogP contribution in [0.25, 0.3) is 11.1 Å². The number of halogens is 5. The predicted octanol–water partition coefficient (Wildman–Crippen LogP) is 5.22. The first-order valence-electron chi connectivity index (χ1n) is 5.72. The molecule has 0 saturated carbocycles. The fraction of sp³-hybridized carbons (Fsp3) is 0.0769. The maximum Gasteiger partial charge on any atom is 0.307 e. The molecule has 0 saturated heterocycles. The Labute approximate surface area is 150 Å². The molecule has 9 heteroatoms. The van der Waals surface area contributed by atoms with E-state index in [1.165, 1.54) is 12.3 Å². The summed E-state index contributed by atoms with van der Waals surface area (Å²) in [6.45, 7) is 0. The van der Waals surface area contributed by atoms with Gasteiger partial charge in [-0.05, 0) is 11.6 Å². The van der Waals surface area contributed by atoms with E-state index in [4.69, 9.17) is 68.8 Å². The second-order valence-corrected chi connectivity index (χ2v) is 6.17. The van der Waals surface area contributed by atoms with Gasteiger partial charge in [-0.2, -0.15) is 0 Å². The van der Waals surface area contributed by atoms with Gasteiger partial charge in [0, 0.05) is 17.3 Å². The number of benzene rings is 1. The third-order valence-electron chi connectivity index (χ3n) is 2.83. The molecule has 0 amide bonds. The highest BCUT2D eigenvalue weighted by Gasteiger charge is 2.23. The lowest BCUT2D eigenvalue weighted by Crippen LogP contribution is -2.04. The van der Waals surface area contributed by atoms with Gasteiger partial charge < -0.3 is 10.8 Å². The third kappa shape index (κ3) is 3.21. The fourth-order valence-electron chi connectivity index (χ4n) is 1.89. The van der Waals surface area contributed by atoms with Gasteiger partial charge in [-0.15, -0.1) is 0 Å². The van der Waals surface area contributed by atoms with Crippen LogP contribution in [0, 0.1) is 0 Å². The Morgan fingerprint density at radius 2 is 1.55 bits per heavy atom. The zero-order chi connectivity index (χ0) is 16.6. The van der Waals surface area contributed by atoms with Gasteiger partial charge in [-0.3, -0.25) is 4.79 Å². The summed E-state index contributed by atoms with van der Waals surface area (Å²) >= 11 is 30.4. The minimum Gasteiger partial charge on any atom is -0.481 e. The van der Waals surface area contributed by atoms with Crippen LogP contribution < -0.4 is 5.73 Å². The van der Waals surface area contributed by atoms with Crippen LogP contribution in [-0.2, 0) is 11.2 Å². The van der Waals surface area contributed by atoms with E-state index in [0.29, 0.717) is 11.1 Å². The molecule has 1 heterocycles. The Bertz CT molecular complexity index is 751. The monoisotopic (exact) mass is 398 g/mol. The van der Waals surface area contributed by atoms with Crippen molar-refractivity contribution in [1.29, 1.82) is 0 Å². The van der Waals surface area contributed by atoms with Crippen LogP contribution in [-0.4, -0.2) is 16.1 Å². The number of hydrogen-bond donors (Lipinski definition) is 2. The Morgan fingerprint density at radius 1 is 1.05 bits per heavy atom. The number of nitrogen functional groups attached to an aromatic ring is 1. The number of hydrogen-bond acceptors (Lipinski definition) is 3. The SMILES string of the molecule is Nc1cc(CC(=O)O)c(-c2c(Cl)c(Cl)c(Cl)c(Cl)c2Cl)cn1. The lowest BCUT2D eigenvalue weighted by Gasteiger charge is -2.15. The van der Waals surface area contributed by atoms with Crippen molar-refractivity contribution in [3.05, 3.63) is 42.9 Å². The van der Waals surface area contributed by atoms with Crippen LogP contribution in [0.3, 0.4) is 0 Å². The minimum absolute atomic E-state index is 0.0188. The first kappa shape index (κ1) is 17.4. The number of nitrogens with two attached hydrogens (primary N) is 1. The fourth-order valence-corrected chi connectivity index (χ4v) is 3.23. The Hall–Kier alpha value is -0.910. The van der Waals surface area contributed by atoms with E-state index in [9.17, 15) is 4.79 Å². The maximum absolute atomic E-state index is 11.0. The molecule has 3 N–H and O–H groups in total. The first-order chi connectivity index (χ1) is 10.2. The lowest BCUT2D eigenvalue weighted by molar-refractivity contribution is -0.136. The summed E-state index contributed by atoms with van der Waals surface area (Å²) in [7, 11) is 0. The number of rotatable bonds is 3. The summed E-state index contributed by atoms with van der Waals surface area (Å²) in [5.41, 5.74) is 6.60. The molecule has 0 aliphatic carbocycles. The standard InChI is InChI=1S/C13H7Cl5N2O2/c14-9-8(10(15)12(17)13(18)11(9)16)5-3-20-6(19)1-4(5)2-7(21)22/h1,3H,2H2,(H2,19,20)(H,21,22). The predicted molar refractivity (Wildman–Crippen MR) is 90.5 cm³/mol. The molecule has 0 atom stereocenters. The van der Waals surface area contributed by atoms with E-state index in [1.54, 1.807) is 0 Å². The Kier molecular flexibility index (Phi) is 5.30. The minimum atomic E-state index is -1.05. The van der Waals surface area contributed by atoms with Gasteiger partial charge in [-0.25, -0.2) is 4.98 Å². The molecule has 116 valence electrons. The number of anilines is 1. The van der Waals surface area contributed by atoms with Crippen molar-refractivity contribution < 1.29 is 9.90 Å². The normalized spacial score (nSPS) is 10.8. The molecule has 22 heavy (non-hydrogen) atoms. The quantitative estimate of drug-likeness (QED) is 0.547. The van der Waals surface area contributed by atoms with E-state index in [2.05, 4.69) is 4.98 Å². The largest absolute Gasteiger partial charge is 0.481 e. The molecule has 0 bridgehead atoms. The molecule has 0 aliphatic rings. The Balaban J connectivity index is 2.80. The first-order valence-corrected chi connectivity index (χ1v) is 7.61. The highest BCUT2D eigenvalue weighted by Crippen LogP contribution is 2.48. The van der Waals surface area contributed by atoms with Gasteiger partial charge in [0.1, 0.15) is 5.82 Å². The zero-order valence-corrected chi connectivity index (χ0v) is 14.4. The van der Waals surface area contributed by atoms with E-state index in [-0.39, 0.29) is 42.9 Å². The summed E-state index contributed by atoms with van der Waals surface area (Å²) in [5, 5.41) is 9.19. The van der Waals surface area contributed by atoms with Crippen LogP contribution in [0.1, 0.15) is 5.56 Å². The van der Waals surface area contributed by atoms with Crippen molar-refractivity contribution in [2.45, 2.75) is 6.42 Å². The maximum atomic E-state index is 11.0. The molecule has 0 aliphatic heterocycles. The van der Waals surface area contributed by atoms with Gasteiger partial charge in [0.15, 0.2) is 0 Å². The molecule has 0 spiro atoms. The van der Waals surface area contributed by atoms with E-state index in [1.807, 2.05) is 0 Å². The molecule has 0 unspecified atom stereocenters. The van der Waals surface area contributed by atoms with Crippen molar-refractivity contribution in [2.24, 2.45) is 0 Å². The van der Waals surface area contributed by atoms with Crippen LogP contribution in [0.15, 0.2) is 12.3 Å². The molecule has 1 aromatic heterocycles. The van der Waals surface area contributed by atoms with Crippen LogP contribution in [0.4, 0.5) is 5.82 Å². The van der Waals surface area contributed by atoms with Crippen molar-refractivity contribution in [3.63, 3.8) is 0 Å². The average molecular weight is 400 g/mol. The van der Waals surface area contributed by atoms with Gasteiger partial charge >= 0.3 is 5.97 Å². The second kappa shape index (κ2) is 6.69. The van der Waals surface area contributed by atoms with E-state index >= 15 is 0 Å². The zero-order valence-electron chi connectivity index (χ0n) is 10.6. The number of carboxylic acids is 1. The highest BCUT2D eigenvalue weighted by molar-refractivity contribution is 6.56. The summed E-state index contributed by atoms with van der Waals surface area (Å²) in [6.07, 6.45) is 1.06. The van der Waals surface area contributed by atoms with Gasteiger partial charge in [0.25, 0.3) is 0 Å². The number of aliphatic carboxylic acids is 1. The summed E-state index contributed by atoms with van der Waals surface area (Å²) in [4.78, 5) is 15.0. The number of carboxylic acid groups (broad SMARTS) is 1. The molecule has 1 aromatic carbocycles. The second-order valence-electron chi connectivity index (χ2n) is 4.28. The number of pyridine rings is 1. The van der Waals surface area contributed by atoms with Gasteiger partial charge in [0.2, 0.25) is 0 Å². The molecule has 0 radical (unpaired) electrons. The van der Waals surface area contributed by atoms with Gasteiger partial charge in [0.05, 0.1) is 31.5 Å². The summed E-state index contributed by atoms with van der Waals surface area (Å²) in [5.74, 6) is -0.886. The molecular weight excluding hydrogens is 393 g/mol. The molecule has 2 rings (SSSR count). The van der Waals surface area contributed by atoms with Crippen molar-refractivity contribution >= 4 is 69.8 Å². The van der Waals surface area contributed by atoms with Crippen molar-refractivity contribution in [1.82, 2.24) is 4.98 Å². The molecular formula is C13H7Cl5N2O2. The van der Waals surface area contributed by atoms with Crippen molar-refractivity contribution in [2.75, 3.05) is 5.73 Å². The topological polar surface area (TPSA) is 76.2 Å². The van der Waals surface area contributed by atoms with Crippen LogP contribution in [0.5, 0.6) is 0 Å². The van der Waals surface area contributed by atoms with E-state index < -0.39 is 5.97 Å². The number of aromatic nitrogens is 1. The van der Waals surface area contributed by atoms with E-state index in [0.717, 1.165) is 0 Å². The molecule has 2 aromatic rings. The molecule has 0 fully saturated rings. The number of carbonyl (C=O) groups is 1. The summed E-state index contributed by atoms with van der Waals surface area (Å²) in [6, 6.07) is 1.42. The lowest BCUT2D eigenvalue weighted by atomic mass is 9.99. The Morgan fingerprint density at radius 3 is 2.05 bits per heavy atom. The smallest absolute Gasteiger partial charge is 0.307 e. The van der Waals surface area contributed by atoms with Crippen molar-refractivity contribution in [3.8, 4) is 11.1 Å². The van der Waals surface area contributed by atoms with Crippen LogP contribution >= 0.6 is 58.0 Å².